The summed E-state index contributed by atoms with van der Waals surface area (Å²) in [5.74, 6) is 0. The molecule has 1 aliphatic heterocycles. The van der Waals surface area contributed by atoms with Crippen LogP contribution in [-0.2, 0) is 0 Å². The lowest BCUT2D eigenvalue weighted by Gasteiger charge is -2.09. The van der Waals surface area contributed by atoms with Gasteiger partial charge in [-0.3, -0.25) is 0 Å². The Hall–Kier alpha value is -0.730. The molecule has 0 saturated carbocycles. The number of thioether (sulfide) groups is 1. The molecule has 2 aliphatic rings. The number of rotatable bonds is 2. The van der Waals surface area contributed by atoms with Crippen LogP contribution in [0.5, 0.6) is 0 Å². The third-order valence-corrected chi connectivity index (χ3v) is 4.15. The Morgan fingerprint density at radius 2 is 2.38 bits per heavy atom. The van der Waals surface area contributed by atoms with E-state index in [1.54, 1.807) is 5.57 Å². The van der Waals surface area contributed by atoms with E-state index in [-0.39, 0.29) is 6.04 Å². The van der Waals surface area contributed by atoms with Crippen LogP contribution in [0.3, 0.4) is 0 Å². The second-order valence-corrected chi connectivity index (χ2v) is 5.79. The summed E-state index contributed by atoms with van der Waals surface area (Å²) in [7, 11) is 0. The predicted molar refractivity (Wildman–Crippen MR) is 73.3 cm³/mol. The maximum atomic E-state index is 5.70. The van der Waals surface area contributed by atoms with E-state index >= 15 is 0 Å². The summed E-state index contributed by atoms with van der Waals surface area (Å²) in [6.07, 6.45) is 13.3. The van der Waals surface area contributed by atoms with Gasteiger partial charge in [-0.05, 0) is 37.8 Å². The highest BCUT2D eigenvalue weighted by Crippen LogP contribution is 2.45. The van der Waals surface area contributed by atoms with Crippen LogP contribution in [0.15, 0.2) is 46.4 Å². The van der Waals surface area contributed by atoms with Crippen LogP contribution in [0.1, 0.15) is 26.7 Å². The van der Waals surface area contributed by atoms with Gasteiger partial charge in [0, 0.05) is 16.2 Å². The first-order valence-corrected chi connectivity index (χ1v) is 6.77. The molecular weight excluding hydrogens is 214 g/mol. The third kappa shape index (κ3) is 2.50. The van der Waals surface area contributed by atoms with E-state index in [2.05, 4.69) is 31.2 Å². The minimum Gasteiger partial charge on any atom is -0.325 e. The second-order valence-electron chi connectivity index (χ2n) is 4.41. The molecule has 86 valence electrons. The van der Waals surface area contributed by atoms with Gasteiger partial charge in [-0.25, -0.2) is 0 Å². The van der Waals surface area contributed by atoms with Gasteiger partial charge in [0.25, 0.3) is 0 Å². The molecule has 1 nitrogen and oxygen atoms in total. The Labute approximate surface area is 102 Å². The van der Waals surface area contributed by atoms with Gasteiger partial charge in [0.2, 0.25) is 0 Å². The van der Waals surface area contributed by atoms with Crippen molar-refractivity contribution < 1.29 is 0 Å². The molecule has 2 rings (SSSR count). The molecule has 0 amide bonds. The number of hydrogen-bond donors (Lipinski definition) is 1. The minimum atomic E-state index is 0.140. The fraction of sp³-hybridized carbons (Fsp3) is 0.429. The standard InChI is InChI=1S/C14H19NS/c1-10(15)6-5-8-12-11(2)16-14-9-4-3-7-13(12)14/h4-6,8-11H,3,7,15H2,1-2H3/b6-5-,12-8+. The van der Waals surface area contributed by atoms with Crippen molar-refractivity contribution in [2.45, 2.75) is 38.0 Å². The van der Waals surface area contributed by atoms with Crippen LogP contribution < -0.4 is 5.73 Å². The van der Waals surface area contributed by atoms with Gasteiger partial charge in [-0.2, -0.15) is 0 Å². The van der Waals surface area contributed by atoms with Crippen molar-refractivity contribution in [3.8, 4) is 0 Å². The van der Waals surface area contributed by atoms with Crippen molar-refractivity contribution in [3.63, 3.8) is 0 Å². The highest BCUT2D eigenvalue weighted by Gasteiger charge is 2.25. The molecule has 2 unspecified atom stereocenters. The van der Waals surface area contributed by atoms with Crippen LogP contribution in [0.2, 0.25) is 0 Å². The van der Waals surface area contributed by atoms with Gasteiger partial charge in [-0.15, -0.1) is 11.8 Å². The molecule has 0 radical (unpaired) electrons. The fourth-order valence-corrected chi connectivity index (χ4v) is 3.37. The lowest BCUT2D eigenvalue weighted by atomic mass is 9.95. The zero-order valence-electron chi connectivity index (χ0n) is 9.94. The van der Waals surface area contributed by atoms with Crippen molar-refractivity contribution in [2.24, 2.45) is 5.73 Å². The van der Waals surface area contributed by atoms with Gasteiger partial charge >= 0.3 is 0 Å². The maximum absolute atomic E-state index is 5.70. The van der Waals surface area contributed by atoms with Crippen LogP contribution in [0.4, 0.5) is 0 Å². The largest absolute Gasteiger partial charge is 0.325 e. The zero-order chi connectivity index (χ0) is 11.5. The molecule has 1 heterocycles. The molecule has 2 N–H and O–H groups in total. The first-order valence-electron chi connectivity index (χ1n) is 5.89. The summed E-state index contributed by atoms with van der Waals surface area (Å²) >= 11 is 1.98. The lowest BCUT2D eigenvalue weighted by molar-refractivity contribution is 0.924. The molecule has 0 bridgehead atoms. The second kappa shape index (κ2) is 5.07. The van der Waals surface area contributed by atoms with E-state index in [4.69, 9.17) is 5.73 Å². The molecule has 16 heavy (non-hydrogen) atoms. The molecule has 1 aliphatic carbocycles. The SMILES string of the molecule is CC(N)/C=C\C=C1\C2=C(C=CCC2)SC1C. The molecule has 0 aromatic rings. The normalized spacial score (nSPS) is 29.2. The van der Waals surface area contributed by atoms with Crippen LogP contribution in [-0.4, -0.2) is 11.3 Å². The summed E-state index contributed by atoms with van der Waals surface area (Å²) in [5.41, 5.74) is 8.74. The lowest BCUT2D eigenvalue weighted by Crippen LogP contribution is -2.09. The Morgan fingerprint density at radius 1 is 1.56 bits per heavy atom. The highest BCUT2D eigenvalue weighted by molar-refractivity contribution is 8.04. The molecule has 0 aromatic carbocycles. The monoisotopic (exact) mass is 233 g/mol. The molecule has 0 spiro atoms. The van der Waals surface area contributed by atoms with E-state index < -0.39 is 0 Å². The number of hydrogen-bond acceptors (Lipinski definition) is 2. The van der Waals surface area contributed by atoms with Crippen LogP contribution >= 0.6 is 11.8 Å². The van der Waals surface area contributed by atoms with E-state index in [1.165, 1.54) is 23.3 Å². The van der Waals surface area contributed by atoms with Gasteiger partial charge in [0.05, 0.1) is 0 Å². The van der Waals surface area contributed by atoms with Crippen LogP contribution in [0, 0.1) is 0 Å². The van der Waals surface area contributed by atoms with Crippen molar-refractivity contribution in [1.29, 1.82) is 0 Å². The van der Waals surface area contributed by atoms with E-state index in [0.717, 1.165) is 0 Å². The quantitative estimate of drug-likeness (QED) is 0.789. The Kier molecular flexibility index (Phi) is 3.72. The first-order chi connectivity index (χ1) is 7.68. The fourth-order valence-electron chi connectivity index (χ4n) is 2.11. The molecule has 0 fully saturated rings. The number of nitrogens with two attached hydrogens (primary N) is 1. The van der Waals surface area contributed by atoms with Gasteiger partial charge in [0.1, 0.15) is 0 Å². The smallest absolute Gasteiger partial charge is 0.0319 e. The Balaban J connectivity index is 2.20. The minimum absolute atomic E-state index is 0.140. The van der Waals surface area contributed by atoms with Gasteiger partial charge in [0.15, 0.2) is 0 Å². The summed E-state index contributed by atoms with van der Waals surface area (Å²) < 4.78 is 0. The molecule has 0 saturated heterocycles. The van der Waals surface area contributed by atoms with Crippen LogP contribution in [0.25, 0.3) is 0 Å². The Morgan fingerprint density at radius 3 is 3.12 bits per heavy atom. The van der Waals surface area contributed by atoms with Crippen molar-refractivity contribution in [2.75, 3.05) is 0 Å². The summed E-state index contributed by atoms with van der Waals surface area (Å²) in [4.78, 5) is 1.47. The topological polar surface area (TPSA) is 26.0 Å². The van der Waals surface area contributed by atoms with Crippen molar-refractivity contribution >= 4 is 11.8 Å². The molecule has 2 heteroatoms. The molecule has 2 atom stereocenters. The van der Waals surface area contributed by atoms with Crippen molar-refractivity contribution in [3.05, 3.63) is 46.4 Å². The summed E-state index contributed by atoms with van der Waals surface area (Å²) in [6, 6.07) is 0.140. The van der Waals surface area contributed by atoms with Crippen molar-refractivity contribution in [1.82, 2.24) is 0 Å². The summed E-state index contributed by atoms with van der Waals surface area (Å²) in [5, 5.41) is 0.588. The average Bonchev–Trinajstić information content (AvgIpc) is 2.55. The van der Waals surface area contributed by atoms with Gasteiger partial charge < -0.3 is 5.73 Å². The van der Waals surface area contributed by atoms with Gasteiger partial charge in [-0.1, -0.05) is 30.4 Å². The predicted octanol–water partition coefficient (Wildman–Crippen LogP) is 3.56. The average molecular weight is 233 g/mol. The zero-order valence-corrected chi connectivity index (χ0v) is 10.8. The number of allylic oxidation sites excluding steroid dienone is 5. The summed E-state index contributed by atoms with van der Waals surface area (Å²) in [6.45, 7) is 4.28. The van der Waals surface area contributed by atoms with E-state index in [9.17, 15) is 0 Å². The highest BCUT2D eigenvalue weighted by atomic mass is 32.2. The first kappa shape index (κ1) is 11.7. The molecular formula is C14H19NS. The Bertz CT molecular complexity index is 386. The maximum Gasteiger partial charge on any atom is 0.0319 e. The van der Waals surface area contributed by atoms with E-state index in [1.807, 2.05) is 24.8 Å². The molecule has 0 aromatic heterocycles. The third-order valence-electron chi connectivity index (χ3n) is 2.91. The van der Waals surface area contributed by atoms with E-state index in [0.29, 0.717) is 5.25 Å².